The van der Waals surface area contributed by atoms with Gasteiger partial charge < -0.3 is 9.88 Å². The quantitative estimate of drug-likeness (QED) is 0.844. The highest BCUT2D eigenvalue weighted by Crippen LogP contribution is 2.16. The van der Waals surface area contributed by atoms with Crippen LogP contribution >= 0.6 is 0 Å². The molecule has 0 atom stereocenters. The average Bonchev–Trinajstić information content (AvgIpc) is 2.73. The summed E-state index contributed by atoms with van der Waals surface area (Å²) in [5.74, 6) is 0.950. The molecule has 4 nitrogen and oxygen atoms in total. The lowest BCUT2D eigenvalue weighted by atomic mass is 10.2. The van der Waals surface area contributed by atoms with E-state index < -0.39 is 0 Å². The molecule has 1 N–H and O–H groups in total. The van der Waals surface area contributed by atoms with Crippen LogP contribution in [0.5, 0.6) is 0 Å². The molecule has 0 aromatic carbocycles. The highest BCUT2D eigenvalue weighted by molar-refractivity contribution is 5.54. The standard InChI is InChI=1S/C12H16N4/c1-3-13-7-10-6-11(9-14-8-10)12-15-4-5-16(12)2/h4-6,8-9,13H,3,7H2,1-2H3. The van der Waals surface area contributed by atoms with E-state index in [4.69, 9.17) is 0 Å². The molecular formula is C12H16N4. The van der Waals surface area contributed by atoms with Crippen LogP contribution in [0.1, 0.15) is 12.5 Å². The van der Waals surface area contributed by atoms with Crippen LogP contribution in [0.4, 0.5) is 0 Å². The van der Waals surface area contributed by atoms with E-state index in [2.05, 4.69) is 28.3 Å². The summed E-state index contributed by atoms with van der Waals surface area (Å²) in [4.78, 5) is 8.55. The summed E-state index contributed by atoms with van der Waals surface area (Å²) >= 11 is 0. The minimum Gasteiger partial charge on any atom is -0.334 e. The van der Waals surface area contributed by atoms with Gasteiger partial charge in [-0.2, -0.15) is 0 Å². The van der Waals surface area contributed by atoms with Crippen molar-refractivity contribution in [3.63, 3.8) is 0 Å². The Morgan fingerprint density at radius 2 is 2.25 bits per heavy atom. The molecule has 84 valence electrons. The van der Waals surface area contributed by atoms with Crippen LogP contribution < -0.4 is 5.32 Å². The zero-order valence-electron chi connectivity index (χ0n) is 9.64. The molecule has 2 aromatic heterocycles. The topological polar surface area (TPSA) is 42.7 Å². The maximum Gasteiger partial charge on any atom is 0.141 e. The second-order valence-electron chi connectivity index (χ2n) is 3.72. The van der Waals surface area contributed by atoms with Crippen LogP contribution in [0.25, 0.3) is 11.4 Å². The Labute approximate surface area is 95.4 Å². The van der Waals surface area contributed by atoms with Crippen molar-refractivity contribution in [2.75, 3.05) is 6.54 Å². The van der Waals surface area contributed by atoms with Crippen LogP contribution in [0.3, 0.4) is 0 Å². The van der Waals surface area contributed by atoms with E-state index >= 15 is 0 Å². The molecule has 0 spiro atoms. The molecule has 2 aromatic rings. The van der Waals surface area contributed by atoms with Crippen molar-refractivity contribution < 1.29 is 0 Å². The fraction of sp³-hybridized carbons (Fsp3) is 0.333. The molecule has 2 rings (SSSR count). The average molecular weight is 216 g/mol. The number of hydrogen-bond acceptors (Lipinski definition) is 3. The Hall–Kier alpha value is -1.68. The van der Waals surface area contributed by atoms with Gasteiger partial charge in [-0.05, 0) is 18.2 Å². The predicted molar refractivity (Wildman–Crippen MR) is 63.8 cm³/mol. The van der Waals surface area contributed by atoms with Gasteiger partial charge in [0.1, 0.15) is 5.82 Å². The monoisotopic (exact) mass is 216 g/mol. The maximum absolute atomic E-state index is 4.31. The first-order valence-corrected chi connectivity index (χ1v) is 5.43. The zero-order valence-corrected chi connectivity index (χ0v) is 9.64. The molecule has 4 heteroatoms. The van der Waals surface area contributed by atoms with Gasteiger partial charge in [0, 0.05) is 43.9 Å². The SMILES string of the molecule is CCNCc1cncc(-c2nccn2C)c1. The van der Waals surface area contributed by atoms with Crippen LogP contribution in [0.2, 0.25) is 0 Å². The number of pyridine rings is 1. The van der Waals surface area contributed by atoms with Crippen molar-refractivity contribution in [3.05, 3.63) is 36.4 Å². The van der Waals surface area contributed by atoms with Crippen LogP contribution in [-0.4, -0.2) is 21.1 Å². The predicted octanol–water partition coefficient (Wildman–Crippen LogP) is 1.59. The van der Waals surface area contributed by atoms with Gasteiger partial charge in [-0.15, -0.1) is 0 Å². The fourth-order valence-electron chi connectivity index (χ4n) is 1.62. The van der Waals surface area contributed by atoms with Gasteiger partial charge in [0.25, 0.3) is 0 Å². The van der Waals surface area contributed by atoms with Crippen LogP contribution in [-0.2, 0) is 13.6 Å². The molecule has 0 unspecified atom stereocenters. The lowest BCUT2D eigenvalue weighted by molar-refractivity contribution is 0.724. The summed E-state index contributed by atoms with van der Waals surface area (Å²) in [6.07, 6.45) is 7.46. The molecular weight excluding hydrogens is 200 g/mol. The fourth-order valence-corrected chi connectivity index (χ4v) is 1.62. The van der Waals surface area contributed by atoms with E-state index in [1.165, 1.54) is 5.56 Å². The third-order valence-corrected chi connectivity index (χ3v) is 2.45. The van der Waals surface area contributed by atoms with Gasteiger partial charge in [-0.25, -0.2) is 4.98 Å². The van der Waals surface area contributed by atoms with E-state index in [0.717, 1.165) is 24.5 Å². The number of rotatable bonds is 4. The Kier molecular flexibility index (Phi) is 3.31. The lowest BCUT2D eigenvalue weighted by Crippen LogP contribution is -2.11. The first kappa shape index (κ1) is 10.8. The Morgan fingerprint density at radius 1 is 1.38 bits per heavy atom. The van der Waals surface area contributed by atoms with Crippen molar-refractivity contribution in [1.29, 1.82) is 0 Å². The van der Waals surface area contributed by atoms with Crippen molar-refractivity contribution in [1.82, 2.24) is 19.9 Å². The Morgan fingerprint density at radius 3 is 2.94 bits per heavy atom. The van der Waals surface area contributed by atoms with Gasteiger partial charge >= 0.3 is 0 Å². The van der Waals surface area contributed by atoms with Gasteiger partial charge in [-0.1, -0.05) is 6.92 Å². The van der Waals surface area contributed by atoms with Crippen LogP contribution in [0, 0.1) is 0 Å². The third kappa shape index (κ3) is 2.28. The lowest BCUT2D eigenvalue weighted by Gasteiger charge is -2.05. The number of aromatic nitrogens is 3. The molecule has 0 aliphatic rings. The third-order valence-electron chi connectivity index (χ3n) is 2.45. The molecule has 0 fully saturated rings. The second kappa shape index (κ2) is 4.90. The Balaban J connectivity index is 2.26. The van der Waals surface area contributed by atoms with Gasteiger partial charge in [0.2, 0.25) is 0 Å². The van der Waals surface area contributed by atoms with E-state index in [0.29, 0.717) is 0 Å². The van der Waals surface area contributed by atoms with E-state index in [1.807, 2.05) is 30.2 Å². The highest BCUT2D eigenvalue weighted by atomic mass is 15.0. The van der Waals surface area contributed by atoms with Gasteiger partial charge in [0.05, 0.1) is 0 Å². The first-order valence-electron chi connectivity index (χ1n) is 5.43. The minimum absolute atomic E-state index is 0.849. The largest absolute Gasteiger partial charge is 0.334 e. The highest BCUT2D eigenvalue weighted by Gasteiger charge is 2.04. The number of hydrogen-bond donors (Lipinski definition) is 1. The summed E-state index contributed by atoms with van der Waals surface area (Å²) in [5.41, 5.74) is 2.24. The molecule has 0 bridgehead atoms. The molecule has 0 saturated carbocycles. The number of nitrogens with one attached hydrogen (secondary N) is 1. The number of nitrogens with zero attached hydrogens (tertiary/aromatic N) is 3. The number of imidazole rings is 1. The van der Waals surface area contributed by atoms with Gasteiger partial charge in [-0.3, -0.25) is 4.98 Å². The maximum atomic E-state index is 4.31. The van der Waals surface area contributed by atoms with Crippen molar-refractivity contribution in [2.45, 2.75) is 13.5 Å². The van der Waals surface area contributed by atoms with Crippen LogP contribution in [0.15, 0.2) is 30.9 Å². The second-order valence-corrected chi connectivity index (χ2v) is 3.72. The van der Waals surface area contributed by atoms with E-state index in [-0.39, 0.29) is 0 Å². The molecule has 0 radical (unpaired) electrons. The summed E-state index contributed by atoms with van der Waals surface area (Å²) in [6.45, 7) is 3.91. The summed E-state index contributed by atoms with van der Waals surface area (Å²) in [7, 11) is 1.99. The zero-order chi connectivity index (χ0) is 11.4. The normalized spacial score (nSPS) is 10.6. The summed E-state index contributed by atoms with van der Waals surface area (Å²) in [6, 6.07) is 2.12. The van der Waals surface area contributed by atoms with E-state index in [9.17, 15) is 0 Å². The minimum atomic E-state index is 0.849. The molecule has 0 aliphatic heterocycles. The smallest absolute Gasteiger partial charge is 0.141 e. The van der Waals surface area contributed by atoms with E-state index in [1.54, 1.807) is 6.20 Å². The summed E-state index contributed by atoms with van der Waals surface area (Å²) < 4.78 is 1.99. The molecule has 16 heavy (non-hydrogen) atoms. The first-order chi connectivity index (χ1) is 7.81. The molecule has 2 heterocycles. The molecule has 0 aliphatic carbocycles. The molecule has 0 amide bonds. The summed E-state index contributed by atoms with van der Waals surface area (Å²) in [5, 5.41) is 3.28. The number of aryl methyl sites for hydroxylation is 1. The Bertz CT molecular complexity index is 462. The van der Waals surface area contributed by atoms with Gasteiger partial charge in [0.15, 0.2) is 0 Å². The molecule has 0 saturated heterocycles. The van der Waals surface area contributed by atoms with Crippen molar-refractivity contribution in [2.24, 2.45) is 7.05 Å². The van der Waals surface area contributed by atoms with Crippen molar-refractivity contribution >= 4 is 0 Å². The van der Waals surface area contributed by atoms with Crippen molar-refractivity contribution in [3.8, 4) is 11.4 Å².